The molecule has 1 aliphatic rings. The lowest BCUT2D eigenvalue weighted by Gasteiger charge is -2.31. The molecule has 1 saturated heterocycles. The fourth-order valence-corrected chi connectivity index (χ4v) is 4.58. The predicted molar refractivity (Wildman–Crippen MR) is 88.6 cm³/mol. The Morgan fingerprint density at radius 2 is 1.64 bits per heavy atom. The Labute approximate surface area is 144 Å². The van der Waals surface area contributed by atoms with E-state index in [-0.39, 0.29) is 23.8 Å². The number of nitrogens with zero attached hydrogens (tertiary/aromatic N) is 2. The quantitative estimate of drug-likeness (QED) is 0.645. The number of benzene rings is 2. The summed E-state index contributed by atoms with van der Waals surface area (Å²) in [6, 6.07) is 11.7. The molecule has 0 amide bonds. The van der Waals surface area contributed by atoms with E-state index in [9.17, 15) is 22.9 Å². The average molecular weight is 366 g/mol. The van der Waals surface area contributed by atoms with Crippen molar-refractivity contribution >= 4 is 21.4 Å². The van der Waals surface area contributed by atoms with E-state index >= 15 is 0 Å². The van der Waals surface area contributed by atoms with Crippen LogP contribution in [0.25, 0.3) is 0 Å². The van der Waals surface area contributed by atoms with E-state index in [4.69, 9.17) is 0 Å². The predicted octanol–water partition coefficient (Wildman–Crippen LogP) is 0.955. The van der Waals surface area contributed by atoms with Crippen molar-refractivity contribution in [3.05, 3.63) is 64.5 Å². The van der Waals surface area contributed by atoms with Gasteiger partial charge in [0.05, 0.1) is 31.1 Å². The summed E-state index contributed by atoms with van der Waals surface area (Å²) >= 11 is 0. The molecule has 2 aromatic carbocycles. The zero-order valence-corrected chi connectivity index (χ0v) is 14.1. The minimum Gasteiger partial charge on any atom is -0.298 e. The third kappa shape index (κ3) is 3.39. The summed E-state index contributed by atoms with van der Waals surface area (Å²) < 4.78 is 40.6. The van der Waals surface area contributed by atoms with Crippen LogP contribution in [0.5, 0.6) is 0 Å². The van der Waals surface area contributed by atoms with Gasteiger partial charge in [0.2, 0.25) is 10.0 Å². The number of hydrogen-bond acceptors (Lipinski definition) is 4. The second kappa shape index (κ2) is 6.87. The number of nitrogens with one attached hydrogen (secondary N) is 1. The Morgan fingerprint density at radius 1 is 1.04 bits per heavy atom. The molecule has 1 heterocycles. The van der Waals surface area contributed by atoms with E-state index in [0.29, 0.717) is 18.8 Å². The lowest BCUT2D eigenvalue weighted by molar-refractivity contribution is -0.838. The summed E-state index contributed by atoms with van der Waals surface area (Å²) in [7, 11) is -3.97. The molecule has 0 unspecified atom stereocenters. The summed E-state index contributed by atoms with van der Waals surface area (Å²) in [6.45, 7) is 1.11. The molecule has 2 aromatic rings. The van der Waals surface area contributed by atoms with Gasteiger partial charge in [-0.05, 0) is 12.1 Å². The molecule has 0 bridgehead atoms. The van der Waals surface area contributed by atoms with Crippen molar-refractivity contribution in [2.45, 2.75) is 4.90 Å². The van der Waals surface area contributed by atoms with Gasteiger partial charge in [0, 0.05) is 12.1 Å². The van der Waals surface area contributed by atoms with Crippen LogP contribution in [0.3, 0.4) is 0 Å². The van der Waals surface area contributed by atoms with E-state index in [2.05, 4.69) is 0 Å². The van der Waals surface area contributed by atoms with Gasteiger partial charge in [-0.15, -0.1) is 0 Å². The highest BCUT2D eigenvalue weighted by molar-refractivity contribution is 7.89. The topological polar surface area (TPSA) is 85.0 Å². The normalized spacial score (nSPS) is 16.7. The van der Waals surface area contributed by atoms with Crippen LogP contribution in [0.1, 0.15) is 0 Å². The number of rotatable bonds is 4. The van der Waals surface area contributed by atoms with Gasteiger partial charge in [0.15, 0.2) is 16.4 Å². The fourth-order valence-electron chi connectivity index (χ4n) is 2.98. The Morgan fingerprint density at radius 3 is 2.28 bits per heavy atom. The Balaban J connectivity index is 1.81. The SMILES string of the molecule is O=[N+]([O-])c1ccccc1S(=O)(=O)N1CC[NH+](c2ccccc2F)CC1. The molecule has 0 saturated carbocycles. The Bertz CT molecular complexity index is 896. The molecule has 3 rings (SSSR count). The van der Waals surface area contributed by atoms with Gasteiger partial charge in [0.25, 0.3) is 5.69 Å². The molecule has 0 atom stereocenters. The lowest BCUT2D eigenvalue weighted by Crippen LogP contribution is -3.10. The van der Waals surface area contributed by atoms with Crippen LogP contribution >= 0.6 is 0 Å². The molecule has 7 nitrogen and oxygen atoms in total. The van der Waals surface area contributed by atoms with Crippen molar-refractivity contribution < 1.29 is 22.6 Å². The minimum atomic E-state index is -3.97. The number of halogens is 1. The Hall–Kier alpha value is -2.36. The van der Waals surface area contributed by atoms with Crippen LogP contribution < -0.4 is 4.90 Å². The standard InChI is InChI=1S/C16H16FN3O4S/c17-13-5-1-2-6-14(13)18-9-11-19(12-10-18)25(23,24)16-8-4-3-7-15(16)20(21)22/h1-8H,9-12H2/p+1. The van der Waals surface area contributed by atoms with Gasteiger partial charge in [-0.3, -0.25) is 15.0 Å². The summed E-state index contributed by atoms with van der Waals surface area (Å²) in [6.07, 6.45) is 0. The smallest absolute Gasteiger partial charge is 0.289 e. The van der Waals surface area contributed by atoms with Gasteiger partial charge >= 0.3 is 0 Å². The highest BCUT2D eigenvalue weighted by atomic mass is 32.2. The van der Waals surface area contributed by atoms with E-state index in [1.807, 2.05) is 0 Å². The van der Waals surface area contributed by atoms with Gasteiger partial charge < -0.3 is 0 Å². The molecule has 25 heavy (non-hydrogen) atoms. The van der Waals surface area contributed by atoms with E-state index < -0.39 is 20.6 Å². The number of nitro groups is 1. The summed E-state index contributed by atoms with van der Waals surface area (Å²) in [5, 5.41) is 11.1. The number of hydrogen-bond donors (Lipinski definition) is 1. The highest BCUT2D eigenvalue weighted by Gasteiger charge is 2.35. The molecule has 1 N–H and O–H groups in total. The fraction of sp³-hybridized carbons (Fsp3) is 0.250. The summed E-state index contributed by atoms with van der Waals surface area (Å²) in [5.41, 5.74) is 0.0663. The van der Waals surface area contributed by atoms with Crippen LogP contribution in [0, 0.1) is 15.9 Å². The van der Waals surface area contributed by atoms with Gasteiger partial charge in [-0.25, -0.2) is 12.8 Å². The zero-order chi connectivity index (χ0) is 18.0. The summed E-state index contributed by atoms with van der Waals surface area (Å²) in [5.74, 6) is -0.326. The molecular formula is C16H17FN3O4S+. The summed E-state index contributed by atoms with van der Waals surface area (Å²) in [4.78, 5) is 10.9. The molecule has 0 spiro atoms. The number of piperazine rings is 1. The van der Waals surface area contributed by atoms with Crippen LogP contribution in [-0.2, 0) is 10.0 Å². The molecule has 0 radical (unpaired) electrons. The first-order valence-electron chi connectivity index (χ1n) is 7.74. The number of para-hydroxylation sites is 2. The van der Waals surface area contributed by atoms with Crippen LogP contribution in [0.4, 0.5) is 15.8 Å². The zero-order valence-electron chi connectivity index (χ0n) is 13.3. The van der Waals surface area contributed by atoms with Crippen LogP contribution in [-0.4, -0.2) is 43.8 Å². The highest BCUT2D eigenvalue weighted by Crippen LogP contribution is 2.26. The van der Waals surface area contributed by atoms with Crippen LogP contribution in [0.2, 0.25) is 0 Å². The van der Waals surface area contributed by atoms with Gasteiger partial charge in [0.1, 0.15) is 0 Å². The largest absolute Gasteiger partial charge is 0.298 e. The third-order valence-corrected chi connectivity index (χ3v) is 6.21. The second-order valence-electron chi connectivity index (χ2n) is 5.71. The van der Waals surface area contributed by atoms with Crippen LogP contribution in [0.15, 0.2) is 53.4 Å². The Kier molecular flexibility index (Phi) is 4.80. The third-order valence-electron chi connectivity index (χ3n) is 4.26. The number of nitro benzene ring substituents is 1. The maximum Gasteiger partial charge on any atom is 0.289 e. The van der Waals surface area contributed by atoms with E-state index in [1.54, 1.807) is 18.2 Å². The molecule has 9 heteroatoms. The number of quaternary nitrogens is 1. The molecular weight excluding hydrogens is 349 g/mol. The monoisotopic (exact) mass is 366 g/mol. The molecule has 0 aromatic heterocycles. The van der Waals surface area contributed by atoms with Crippen molar-refractivity contribution in [1.29, 1.82) is 0 Å². The number of sulfonamides is 1. The maximum atomic E-state index is 13.9. The first kappa shape index (κ1) is 17.5. The maximum absolute atomic E-state index is 13.9. The minimum absolute atomic E-state index is 0.165. The molecule has 132 valence electrons. The molecule has 1 fully saturated rings. The van der Waals surface area contributed by atoms with Crippen molar-refractivity contribution in [3.8, 4) is 0 Å². The molecule has 1 aliphatic heterocycles. The average Bonchev–Trinajstić information content (AvgIpc) is 2.62. The van der Waals surface area contributed by atoms with E-state index in [1.165, 1.54) is 34.6 Å². The van der Waals surface area contributed by atoms with Crippen molar-refractivity contribution in [3.63, 3.8) is 0 Å². The van der Waals surface area contributed by atoms with Crippen molar-refractivity contribution in [1.82, 2.24) is 4.31 Å². The first-order chi connectivity index (χ1) is 11.9. The molecule has 0 aliphatic carbocycles. The second-order valence-corrected chi connectivity index (χ2v) is 7.62. The van der Waals surface area contributed by atoms with Crippen molar-refractivity contribution in [2.75, 3.05) is 26.2 Å². The lowest BCUT2D eigenvalue weighted by atomic mass is 10.2. The van der Waals surface area contributed by atoms with Gasteiger partial charge in [-0.2, -0.15) is 4.31 Å². The van der Waals surface area contributed by atoms with E-state index in [0.717, 1.165) is 4.90 Å². The van der Waals surface area contributed by atoms with Crippen molar-refractivity contribution in [2.24, 2.45) is 0 Å². The first-order valence-corrected chi connectivity index (χ1v) is 9.18. The van der Waals surface area contributed by atoms with Gasteiger partial charge in [-0.1, -0.05) is 24.3 Å².